The van der Waals surface area contributed by atoms with Crippen LogP contribution in [0.25, 0.3) is 11.0 Å². The molecule has 0 fully saturated rings. The summed E-state index contributed by atoms with van der Waals surface area (Å²) in [5.74, 6) is 1.04. The maximum atomic E-state index is 13.1. The van der Waals surface area contributed by atoms with Gasteiger partial charge in [-0.25, -0.2) is 4.98 Å². The fraction of sp³-hybridized carbons (Fsp3) is 0.391. The van der Waals surface area contributed by atoms with Gasteiger partial charge in [-0.05, 0) is 38.8 Å². The normalized spacial score (nSPS) is 19.0. The molecule has 1 aliphatic heterocycles. The summed E-state index contributed by atoms with van der Waals surface area (Å²) in [6.45, 7) is 4.29. The maximum Gasteiger partial charge on any atom is 0.431 e. The van der Waals surface area contributed by atoms with Gasteiger partial charge >= 0.3 is 6.18 Å². The summed E-state index contributed by atoms with van der Waals surface area (Å²) < 4.78 is 45.3. The van der Waals surface area contributed by atoms with Gasteiger partial charge < -0.3 is 9.72 Å². The molecule has 6 nitrogen and oxygen atoms in total. The Kier molecular flexibility index (Phi) is 5.63. The van der Waals surface area contributed by atoms with Crippen LogP contribution in [0.2, 0.25) is 0 Å². The van der Waals surface area contributed by atoms with Crippen LogP contribution in [0.1, 0.15) is 43.9 Å². The van der Waals surface area contributed by atoms with Crippen molar-refractivity contribution in [1.29, 1.82) is 5.26 Å². The van der Waals surface area contributed by atoms with Crippen LogP contribution < -0.4 is 9.72 Å². The van der Waals surface area contributed by atoms with Gasteiger partial charge in [0.05, 0.1) is 24.3 Å². The van der Waals surface area contributed by atoms with Crippen molar-refractivity contribution in [3.8, 4) is 11.8 Å². The van der Waals surface area contributed by atoms with Gasteiger partial charge in [-0.15, -0.1) is 4.99 Å². The molecule has 2 unspecified atom stereocenters. The monoisotopic (exact) mass is 442 g/mol. The zero-order valence-corrected chi connectivity index (χ0v) is 17.7. The van der Waals surface area contributed by atoms with Crippen LogP contribution >= 0.6 is 0 Å². The van der Waals surface area contributed by atoms with E-state index in [0.29, 0.717) is 18.8 Å². The molecule has 0 spiro atoms. The fourth-order valence-electron chi connectivity index (χ4n) is 3.88. The highest BCUT2D eigenvalue weighted by molar-refractivity contribution is 5.87. The number of alkyl halides is 3. The van der Waals surface area contributed by atoms with Crippen molar-refractivity contribution >= 4 is 23.1 Å². The number of rotatable bonds is 5. The summed E-state index contributed by atoms with van der Waals surface area (Å²) in [4.78, 5) is 13.6. The first-order chi connectivity index (χ1) is 15.2. The number of fused-ring (bicyclic) bond motifs is 2. The van der Waals surface area contributed by atoms with E-state index < -0.39 is 17.3 Å². The van der Waals surface area contributed by atoms with Crippen LogP contribution in [0.5, 0.6) is 5.75 Å². The average Bonchev–Trinajstić information content (AvgIpc) is 3.22. The largest absolute Gasteiger partial charge is 0.493 e. The molecule has 0 saturated heterocycles. The van der Waals surface area contributed by atoms with E-state index in [9.17, 15) is 18.4 Å². The first-order valence-electron chi connectivity index (χ1n) is 10.3. The second-order valence-corrected chi connectivity index (χ2v) is 8.64. The fourth-order valence-corrected chi connectivity index (χ4v) is 3.88. The summed E-state index contributed by atoms with van der Waals surface area (Å²) >= 11 is 0. The molecule has 1 aliphatic rings. The topological polar surface area (TPSA) is 88.2 Å². The Labute approximate surface area is 183 Å². The molecule has 0 aliphatic carbocycles. The second kappa shape index (κ2) is 8.26. The number of halogens is 3. The van der Waals surface area contributed by atoms with E-state index in [1.807, 2.05) is 38.1 Å². The van der Waals surface area contributed by atoms with Crippen molar-refractivity contribution in [1.82, 2.24) is 9.97 Å². The number of nitrogens with zero attached hydrogens (tertiary/aromatic N) is 3. The van der Waals surface area contributed by atoms with Gasteiger partial charge in [0.2, 0.25) is 12.0 Å². The van der Waals surface area contributed by atoms with Crippen LogP contribution in [0.15, 0.2) is 41.7 Å². The molecule has 3 aromatic rings. The van der Waals surface area contributed by atoms with Gasteiger partial charge in [0.15, 0.2) is 0 Å². The summed E-state index contributed by atoms with van der Waals surface area (Å²) in [5.41, 5.74) is -0.243. The smallest absolute Gasteiger partial charge is 0.431 e. The van der Waals surface area contributed by atoms with E-state index in [0.717, 1.165) is 23.8 Å². The third kappa shape index (κ3) is 4.44. The Morgan fingerprint density at radius 3 is 2.88 bits per heavy atom. The van der Waals surface area contributed by atoms with E-state index in [1.54, 1.807) is 6.21 Å². The predicted octanol–water partition coefficient (Wildman–Crippen LogP) is 5.22. The zero-order chi connectivity index (χ0) is 22.9. The number of benzene rings is 1. The molecule has 0 saturated carbocycles. The molecule has 0 amide bonds. The van der Waals surface area contributed by atoms with Crippen molar-refractivity contribution in [2.75, 3.05) is 6.61 Å². The Bertz CT molecular complexity index is 1190. The molecule has 2 aromatic heterocycles. The highest BCUT2D eigenvalue weighted by Gasteiger charge is 2.35. The molecule has 0 bridgehead atoms. The van der Waals surface area contributed by atoms with E-state index >= 15 is 0 Å². The molecule has 9 heteroatoms. The lowest BCUT2D eigenvalue weighted by atomic mass is 9.78. The van der Waals surface area contributed by atoms with Gasteiger partial charge in [0.1, 0.15) is 16.8 Å². The molecule has 166 valence electrons. The predicted molar refractivity (Wildman–Crippen MR) is 113 cm³/mol. The number of aliphatic imine (C=N–C) groups is 1. The van der Waals surface area contributed by atoms with Crippen molar-refractivity contribution in [2.45, 2.75) is 38.8 Å². The Hall–Kier alpha value is -3.41. The number of aromatic amines is 2. The molecule has 3 heterocycles. The van der Waals surface area contributed by atoms with Crippen molar-refractivity contribution in [3.05, 3.63) is 47.9 Å². The van der Waals surface area contributed by atoms with Crippen LogP contribution in [0, 0.1) is 22.7 Å². The van der Waals surface area contributed by atoms with Crippen LogP contribution in [0.4, 0.5) is 19.0 Å². The van der Waals surface area contributed by atoms with E-state index in [2.05, 4.69) is 26.0 Å². The summed E-state index contributed by atoms with van der Waals surface area (Å²) in [7, 11) is 0. The number of nitrogens with one attached hydrogen (secondary N) is 2. The van der Waals surface area contributed by atoms with Crippen LogP contribution in [0.3, 0.4) is 0 Å². The van der Waals surface area contributed by atoms with Gasteiger partial charge in [0.25, 0.3) is 5.82 Å². The minimum absolute atomic E-state index is 0.0792. The number of para-hydroxylation sites is 1. The lowest BCUT2D eigenvalue weighted by Crippen LogP contribution is -2.28. The lowest BCUT2D eigenvalue weighted by molar-refractivity contribution is -0.365. The number of hydrogen-bond donors (Lipinski definition) is 1. The first-order valence-corrected chi connectivity index (χ1v) is 10.3. The SMILES string of the molecule is CC(C)(C#N)CCC1COc2ccccc2C1/C=N\c1[nH+]cnc2[nH]c(C(F)(F)F)cc12. The van der Waals surface area contributed by atoms with Gasteiger partial charge in [0, 0.05) is 17.4 Å². The van der Waals surface area contributed by atoms with Crippen molar-refractivity contribution in [3.63, 3.8) is 0 Å². The highest BCUT2D eigenvalue weighted by Crippen LogP contribution is 2.40. The quantitative estimate of drug-likeness (QED) is 0.550. The number of H-pyrrole nitrogens is 2. The standard InChI is InChI=1S/C23H22F3N5O/c1-22(2,12-27)8-7-14-11-32-18-6-4-3-5-15(18)17(14)10-28-20-16-9-19(23(24,25)26)31-21(16)30-13-29-20/h3-6,9-10,13-14,17H,7-8,11H2,1-2H3,(H,29,30,31)/p+1/b28-10-. The van der Waals surface area contributed by atoms with E-state index in [-0.39, 0.29) is 22.9 Å². The van der Waals surface area contributed by atoms with E-state index in [4.69, 9.17) is 4.74 Å². The average molecular weight is 442 g/mol. The van der Waals surface area contributed by atoms with E-state index in [1.165, 1.54) is 6.33 Å². The molecule has 4 rings (SSSR count). The first kappa shape index (κ1) is 21.8. The Balaban J connectivity index is 1.68. The number of hydrogen-bond acceptors (Lipinski definition) is 4. The lowest BCUT2D eigenvalue weighted by Gasteiger charge is -2.32. The van der Waals surface area contributed by atoms with Gasteiger partial charge in [-0.2, -0.15) is 18.4 Å². The summed E-state index contributed by atoms with van der Waals surface area (Å²) in [6.07, 6.45) is 0.0270. The molecular formula is C23H23F3N5O+. The molecule has 2 atom stereocenters. The third-order valence-electron chi connectivity index (χ3n) is 5.80. The number of aromatic nitrogens is 3. The molecular weight excluding hydrogens is 419 g/mol. The molecule has 2 N–H and O–H groups in total. The highest BCUT2D eigenvalue weighted by atomic mass is 19.4. The Morgan fingerprint density at radius 2 is 2.12 bits per heavy atom. The zero-order valence-electron chi connectivity index (χ0n) is 17.7. The molecule has 1 aromatic carbocycles. The maximum absolute atomic E-state index is 13.1. The third-order valence-corrected chi connectivity index (χ3v) is 5.80. The summed E-state index contributed by atoms with van der Waals surface area (Å²) in [5, 5.41) is 9.62. The van der Waals surface area contributed by atoms with Gasteiger partial charge in [-0.3, -0.25) is 0 Å². The second-order valence-electron chi connectivity index (χ2n) is 8.64. The van der Waals surface area contributed by atoms with Gasteiger partial charge in [-0.1, -0.05) is 23.2 Å². The van der Waals surface area contributed by atoms with Crippen LogP contribution in [-0.4, -0.2) is 22.8 Å². The summed E-state index contributed by atoms with van der Waals surface area (Å²) in [6, 6.07) is 11.0. The Morgan fingerprint density at radius 1 is 1.34 bits per heavy atom. The number of nitriles is 1. The van der Waals surface area contributed by atoms with Crippen LogP contribution in [-0.2, 0) is 6.18 Å². The molecule has 0 radical (unpaired) electrons. The molecule has 32 heavy (non-hydrogen) atoms. The van der Waals surface area contributed by atoms with Crippen molar-refractivity contribution < 1.29 is 22.9 Å². The minimum atomic E-state index is -4.50. The van der Waals surface area contributed by atoms with Crippen molar-refractivity contribution in [2.24, 2.45) is 16.3 Å². The number of ether oxygens (including phenoxy) is 1. The minimum Gasteiger partial charge on any atom is -0.493 e.